The number of aromatic hydroxyl groups is 1. The third kappa shape index (κ3) is 1.65. The largest absolute Gasteiger partial charge is 0.506 e. The van der Waals surface area contributed by atoms with Crippen LogP contribution in [0.2, 0.25) is 0 Å². The average Bonchev–Trinajstić information content (AvgIpc) is 2.19. The fraction of sp³-hybridized carbons (Fsp3) is 0. The summed E-state index contributed by atoms with van der Waals surface area (Å²) in [6.07, 6.45) is 3.42. The molecule has 0 bridgehead atoms. The molecule has 1 N–H and O–H groups in total. The zero-order chi connectivity index (χ0) is 9.26. The molecule has 0 spiro atoms. The van der Waals surface area contributed by atoms with Crippen molar-refractivity contribution in [1.29, 1.82) is 0 Å². The van der Waals surface area contributed by atoms with Crippen LogP contribution in [0.1, 0.15) is 5.56 Å². The van der Waals surface area contributed by atoms with Gasteiger partial charge in [-0.25, -0.2) is 0 Å². The number of phenols is 1. The smallest absolute Gasteiger partial charge is 0.141 e. The van der Waals surface area contributed by atoms with Gasteiger partial charge in [0.1, 0.15) is 11.3 Å². The van der Waals surface area contributed by atoms with Crippen molar-refractivity contribution < 1.29 is 5.11 Å². The van der Waals surface area contributed by atoms with Crippen molar-refractivity contribution in [3.05, 3.63) is 42.6 Å². The van der Waals surface area contributed by atoms with Crippen molar-refractivity contribution in [2.45, 2.75) is 0 Å². The molecular weight excluding hydrogens is 189 g/mol. The fourth-order valence-electron chi connectivity index (χ4n) is 1.36. The summed E-state index contributed by atoms with van der Waals surface area (Å²) in [7, 11) is 0. The molecule has 0 aliphatic carbocycles. The predicted molar refractivity (Wildman–Crippen MR) is 59.3 cm³/mol. The van der Waals surface area contributed by atoms with E-state index in [1.54, 1.807) is 18.3 Å². The third-order valence-electron chi connectivity index (χ3n) is 2.00. The van der Waals surface area contributed by atoms with Crippen LogP contribution in [0.25, 0.3) is 17.0 Å². The minimum absolute atomic E-state index is 0. The summed E-state index contributed by atoms with van der Waals surface area (Å²) < 4.78 is 0. The molecule has 1 heterocycles. The van der Waals surface area contributed by atoms with E-state index >= 15 is 0 Å². The summed E-state index contributed by atoms with van der Waals surface area (Å²) >= 11 is 0. The number of hydrogen-bond donors (Lipinski definition) is 1. The van der Waals surface area contributed by atoms with Crippen molar-refractivity contribution in [2.75, 3.05) is 0 Å². The van der Waals surface area contributed by atoms with Crippen molar-refractivity contribution in [3.63, 3.8) is 0 Å². The molecule has 0 unspecified atom stereocenters. The first-order chi connectivity index (χ1) is 6.33. The highest BCUT2D eigenvalue weighted by atomic mass is 27.0. The first-order valence-electron chi connectivity index (χ1n) is 4.02. The van der Waals surface area contributed by atoms with E-state index in [0.717, 1.165) is 10.9 Å². The van der Waals surface area contributed by atoms with Gasteiger partial charge in [0.15, 0.2) is 0 Å². The van der Waals surface area contributed by atoms with Crippen LogP contribution in [0.3, 0.4) is 0 Å². The predicted octanol–water partition coefficient (Wildman–Crippen LogP) is 2.20. The van der Waals surface area contributed by atoms with E-state index in [1.807, 2.05) is 18.2 Å². The Bertz CT molecular complexity index is 468. The summed E-state index contributed by atoms with van der Waals surface area (Å²) in [6, 6.07) is 7.21. The summed E-state index contributed by atoms with van der Waals surface area (Å²) in [5.41, 5.74) is 1.61. The van der Waals surface area contributed by atoms with Crippen molar-refractivity contribution in [1.82, 2.24) is 4.98 Å². The lowest BCUT2D eigenvalue weighted by Gasteiger charge is -2.02. The molecule has 1 aromatic heterocycles. The van der Waals surface area contributed by atoms with Gasteiger partial charge in [0.2, 0.25) is 0 Å². The molecule has 0 aliphatic heterocycles. The third-order valence-corrected chi connectivity index (χ3v) is 2.00. The van der Waals surface area contributed by atoms with Gasteiger partial charge in [-0.1, -0.05) is 24.8 Å². The van der Waals surface area contributed by atoms with Gasteiger partial charge in [-0.2, -0.15) is 0 Å². The Hall–Kier alpha value is -1.30. The monoisotopic (exact) mass is 198 g/mol. The number of aromatic nitrogens is 1. The lowest BCUT2D eigenvalue weighted by Crippen LogP contribution is -1.81. The van der Waals surface area contributed by atoms with E-state index in [9.17, 15) is 5.11 Å². The number of hydrogen-bond acceptors (Lipinski definition) is 2. The zero-order valence-electron chi connectivity index (χ0n) is 7.64. The molecule has 67 valence electrons. The van der Waals surface area contributed by atoms with E-state index in [-0.39, 0.29) is 23.1 Å². The lowest BCUT2D eigenvalue weighted by molar-refractivity contribution is 0.480. The van der Waals surface area contributed by atoms with Crippen LogP contribution in [0, 0.1) is 0 Å². The fourth-order valence-corrected chi connectivity index (χ4v) is 1.36. The molecule has 0 amide bonds. The summed E-state index contributed by atoms with van der Waals surface area (Å²) in [5, 5.41) is 10.4. The molecule has 3 radical (unpaired) electrons. The molecular formula is C11H9AlNO. The average molecular weight is 198 g/mol. The van der Waals surface area contributed by atoms with Crippen LogP contribution >= 0.6 is 0 Å². The maximum Gasteiger partial charge on any atom is 0.141 e. The van der Waals surface area contributed by atoms with Crippen molar-refractivity contribution >= 4 is 34.3 Å². The van der Waals surface area contributed by atoms with E-state index < -0.39 is 0 Å². The number of rotatable bonds is 1. The zero-order valence-corrected chi connectivity index (χ0v) is 8.80. The molecule has 1 aromatic carbocycles. The number of pyridine rings is 1. The Morgan fingerprint density at radius 1 is 1.29 bits per heavy atom. The van der Waals surface area contributed by atoms with Gasteiger partial charge < -0.3 is 5.11 Å². The Morgan fingerprint density at radius 3 is 2.79 bits per heavy atom. The normalized spacial score (nSPS) is 9.43. The topological polar surface area (TPSA) is 33.1 Å². The van der Waals surface area contributed by atoms with E-state index in [0.29, 0.717) is 5.52 Å². The Morgan fingerprint density at radius 2 is 2.07 bits per heavy atom. The molecule has 0 saturated carbocycles. The number of phenolic OH excluding ortho intramolecular Hbond substituents is 1. The van der Waals surface area contributed by atoms with Gasteiger partial charge in [-0.15, -0.1) is 0 Å². The maximum absolute atomic E-state index is 9.49. The molecule has 0 saturated heterocycles. The van der Waals surface area contributed by atoms with Gasteiger partial charge in [0.25, 0.3) is 0 Å². The molecule has 0 fully saturated rings. The van der Waals surface area contributed by atoms with Crippen LogP contribution in [0.4, 0.5) is 0 Å². The Balaban J connectivity index is 0.000000980. The van der Waals surface area contributed by atoms with Gasteiger partial charge in [0, 0.05) is 28.9 Å². The highest BCUT2D eigenvalue weighted by Gasteiger charge is 2.02. The van der Waals surface area contributed by atoms with Crippen LogP contribution in [0.15, 0.2) is 37.0 Å². The van der Waals surface area contributed by atoms with Gasteiger partial charge in [-0.05, 0) is 17.7 Å². The van der Waals surface area contributed by atoms with Crippen LogP contribution in [-0.2, 0) is 0 Å². The van der Waals surface area contributed by atoms with E-state index in [4.69, 9.17) is 0 Å². The molecule has 0 atom stereocenters. The lowest BCUT2D eigenvalue weighted by atomic mass is 10.1. The number of benzene rings is 1. The Labute approximate surface area is 93.0 Å². The summed E-state index contributed by atoms with van der Waals surface area (Å²) in [5.74, 6) is 0.209. The van der Waals surface area contributed by atoms with Crippen molar-refractivity contribution in [2.24, 2.45) is 0 Å². The Kier molecular flexibility index (Phi) is 3.29. The molecule has 3 heteroatoms. The molecule has 2 rings (SSSR count). The highest BCUT2D eigenvalue weighted by molar-refractivity contribution is 5.91. The standard InChI is InChI=1S/C11H9NO.Al/c1-2-8-5-6-10(13)11-9(8)4-3-7-12-11;/h2-7,13H,1H2;. The van der Waals surface area contributed by atoms with E-state index in [2.05, 4.69) is 11.6 Å². The molecule has 2 aromatic rings. The molecule has 14 heavy (non-hydrogen) atoms. The molecule has 0 aliphatic rings. The first kappa shape index (κ1) is 10.8. The quantitative estimate of drug-likeness (QED) is 0.712. The molecule has 2 nitrogen and oxygen atoms in total. The minimum Gasteiger partial charge on any atom is -0.506 e. The van der Waals surface area contributed by atoms with Crippen LogP contribution < -0.4 is 0 Å². The van der Waals surface area contributed by atoms with Crippen molar-refractivity contribution in [3.8, 4) is 5.75 Å². The van der Waals surface area contributed by atoms with Gasteiger partial charge in [0.05, 0.1) is 0 Å². The van der Waals surface area contributed by atoms with Crippen LogP contribution in [0.5, 0.6) is 5.75 Å². The second-order valence-electron chi connectivity index (χ2n) is 2.78. The maximum atomic E-state index is 9.49. The van der Waals surface area contributed by atoms with E-state index in [1.165, 1.54) is 0 Å². The van der Waals surface area contributed by atoms with Crippen LogP contribution in [-0.4, -0.2) is 27.5 Å². The summed E-state index contributed by atoms with van der Waals surface area (Å²) in [4.78, 5) is 4.09. The summed E-state index contributed by atoms with van der Waals surface area (Å²) in [6.45, 7) is 3.70. The highest BCUT2D eigenvalue weighted by Crippen LogP contribution is 2.25. The second kappa shape index (κ2) is 4.28. The van der Waals surface area contributed by atoms with Gasteiger partial charge >= 0.3 is 0 Å². The minimum atomic E-state index is 0. The number of fused-ring (bicyclic) bond motifs is 1. The van der Waals surface area contributed by atoms with Gasteiger partial charge in [-0.3, -0.25) is 4.98 Å². The second-order valence-corrected chi connectivity index (χ2v) is 2.78. The number of nitrogens with zero attached hydrogens (tertiary/aromatic N) is 1. The SMILES string of the molecule is C=Cc1ccc(O)c2ncccc12.[Al]. The first-order valence-corrected chi connectivity index (χ1v) is 4.02.